The van der Waals surface area contributed by atoms with E-state index in [9.17, 15) is 4.79 Å². The number of amides is 1. The molecule has 0 heterocycles. The Morgan fingerprint density at radius 1 is 1.48 bits per heavy atom. The average Bonchev–Trinajstić information content (AvgIpc) is 2.92. The zero-order valence-electron chi connectivity index (χ0n) is 12.7. The first-order valence-corrected chi connectivity index (χ1v) is 7.86. The van der Waals surface area contributed by atoms with E-state index in [1.54, 1.807) is 0 Å². The number of rotatable bonds is 5. The summed E-state index contributed by atoms with van der Waals surface area (Å²) in [6, 6.07) is 5.96. The number of nitrogens with one attached hydrogen (secondary N) is 1. The smallest absolute Gasteiger partial charge is 0.238 e. The van der Waals surface area contributed by atoms with Gasteiger partial charge in [0.2, 0.25) is 5.91 Å². The number of benzene rings is 1. The third-order valence-corrected chi connectivity index (χ3v) is 4.83. The van der Waals surface area contributed by atoms with Gasteiger partial charge in [0.05, 0.1) is 6.54 Å². The predicted molar refractivity (Wildman–Crippen MR) is 87.6 cm³/mol. The van der Waals surface area contributed by atoms with Gasteiger partial charge in [0.1, 0.15) is 0 Å². The van der Waals surface area contributed by atoms with Gasteiger partial charge >= 0.3 is 0 Å². The van der Waals surface area contributed by atoms with Crippen molar-refractivity contribution in [1.82, 2.24) is 4.90 Å². The van der Waals surface area contributed by atoms with Gasteiger partial charge in [-0.3, -0.25) is 9.69 Å². The number of carbonyl (C=O) groups excluding carboxylic acids is 1. The van der Waals surface area contributed by atoms with Crippen molar-refractivity contribution >= 4 is 23.2 Å². The lowest BCUT2D eigenvalue weighted by Crippen LogP contribution is -2.41. The molecule has 0 spiro atoms. The van der Waals surface area contributed by atoms with Gasteiger partial charge in [-0.25, -0.2) is 0 Å². The molecule has 0 aromatic heterocycles. The first-order valence-electron chi connectivity index (χ1n) is 7.48. The maximum absolute atomic E-state index is 12.2. The minimum Gasteiger partial charge on any atom is -0.330 e. The molecule has 2 unspecified atom stereocenters. The van der Waals surface area contributed by atoms with Crippen LogP contribution in [0.3, 0.4) is 0 Å². The molecular formula is C16H24ClN3O. The van der Waals surface area contributed by atoms with Gasteiger partial charge in [-0.1, -0.05) is 24.1 Å². The molecule has 4 nitrogen and oxygen atoms in total. The quantitative estimate of drug-likeness (QED) is 0.879. The van der Waals surface area contributed by atoms with Gasteiger partial charge in [0.25, 0.3) is 0 Å². The lowest BCUT2D eigenvalue weighted by atomic mass is 10.0. The average molecular weight is 310 g/mol. The third kappa shape index (κ3) is 3.96. The zero-order chi connectivity index (χ0) is 15.4. The largest absolute Gasteiger partial charge is 0.330 e. The number of nitrogens with zero attached hydrogens (tertiary/aromatic N) is 1. The van der Waals surface area contributed by atoms with Crippen LogP contribution in [-0.2, 0) is 4.79 Å². The molecule has 1 aliphatic carbocycles. The number of hydrogen-bond donors (Lipinski definition) is 2. The Bertz CT molecular complexity index is 506. The molecule has 21 heavy (non-hydrogen) atoms. The maximum Gasteiger partial charge on any atom is 0.238 e. The third-order valence-electron chi connectivity index (χ3n) is 4.42. The standard InChI is InChI=1S/C16H24ClN3O/c1-11-13(17)6-4-7-14(11)19-16(21)10-20(2)15-8-3-5-12(15)9-18/h4,6-7,12,15H,3,5,8-10,18H2,1-2H3,(H,19,21). The Morgan fingerprint density at radius 2 is 2.24 bits per heavy atom. The molecule has 0 bridgehead atoms. The van der Waals surface area contributed by atoms with Crippen LogP contribution in [0.25, 0.3) is 0 Å². The van der Waals surface area contributed by atoms with Crippen LogP contribution in [0.1, 0.15) is 24.8 Å². The minimum absolute atomic E-state index is 0.00876. The molecule has 1 amide bonds. The van der Waals surface area contributed by atoms with E-state index in [-0.39, 0.29) is 5.91 Å². The van der Waals surface area contributed by atoms with Crippen molar-refractivity contribution in [2.75, 3.05) is 25.5 Å². The van der Waals surface area contributed by atoms with E-state index in [1.807, 2.05) is 32.2 Å². The van der Waals surface area contributed by atoms with Crippen LogP contribution in [0.4, 0.5) is 5.69 Å². The van der Waals surface area contributed by atoms with E-state index in [4.69, 9.17) is 17.3 Å². The first-order chi connectivity index (χ1) is 10.0. The highest BCUT2D eigenvalue weighted by Gasteiger charge is 2.30. The second-order valence-corrected chi connectivity index (χ2v) is 6.28. The van der Waals surface area contributed by atoms with E-state index in [0.29, 0.717) is 30.1 Å². The van der Waals surface area contributed by atoms with Gasteiger partial charge < -0.3 is 11.1 Å². The fourth-order valence-corrected chi connectivity index (χ4v) is 3.32. The summed E-state index contributed by atoms with van der Waals surface area (Å²) in [6.45, 7) is 2.99. The van der Waals surface area contributed by atoms with Crippen molar-refractivity contribution < 1.29 is 4.79 Å². The van der Waals surface area contributed by atoms with Crippen LogP contribution in [0.5, 0.6) is 0 Å². The molecule has 2 rings (SSSR count). The van der Waals surface area contributed by atoms with E-state index in [2.05, 4.69) is 10.2 Å². The lowest BCUT2D eigenvalue weighted by molar-refractivity contribution is -0.117. The van der Waals surface area contributed by atoms with E-state index < -0.39 is 0 Å². The molecule has 0 radical (unpaired) electrons. The predicted octanol–water partition coefficient (Wildman–Crippen LogP) is 2.65. The topological polar surface area (TPSA) is 58.4 Å². The highest BCUT2D eigenvalue weighted by atomic mass is 35.5. The lowest BCUT2D eigenvalue weighted by Gasteiger charge is -2.28. The summed E-state index contributed by atoms with van der Waals surface area (Å²) in [5.41, 5.74) is 7.49. The molecule has 0 aliphatic heterocycles. The van der Waals surface area contributed by atoms with Gasteiger partial charge in [-0.05, 0) is 57.0 Å². The van der Waals surface area contributed by atoms with Crippen LogP contribution in [-0.4, -0.2) is 37.0 Å². The molecule has 3 N–H and O–H groups in total. The van der Waals surface area contributed by atoms with Gasteiger partial charge in [0, 0.05) is 16.8 Å². The number of carbonyl (C=O) groups is 1. The van der Waals surface area contributed by atoms with E-state index in [1.165, 1.54) is 12.8 Å². The highest BCUT2D eigenvalue weighted by Crippen LogP contribution is 2.28. The second-order valence-electron chi connectivity index (χ2n) is 5.87. The van der Waals surface area contributed by atoms with Crippen LogP contribution in [0.2, 0.25) is 5.02 Å². The van der Waals surface area contributed by atoms with Crippen molar-refractivity contribution in [1.29, 1.82) is 0 Å². The Balaban J connectivity index is 1.94. The monoisotopic (exact) mass is 309 g/mol. The summed E-state index contributed by atoms with van der Waals surface area (Å²) in [4.78, 5) is 14.3. The summed E-state index contributed by atoms with van der Waals surface area (Å²) in [5.74, 6) is 0.501. The summed E-state index contributed by atoms with van der Waals surface area (Å²) < 4.78 is 0. The Labute approximate surface area is 131 Å². The fraction of sp³-hybridized carbons (Fsp3) is 0.562. The van der Waals surface area contributed by atoms with Crippen molar-refractivity contribution in [3.05, 3.63) is 28.8 Å². The molecule has 1 fully saturated rings. The van der Waals surface area contributed by atoms with Crippen molar-refractivity contribution in [3.63, 3.8) is 0 Å². The molecule has 116 valence electrons. The Hall–Kier alpha value is -1.10. The van der Waals surface area contributed by atoms with Crippen LogP contribution >= 0.6 is 11.6 Å². The number of hydrogen-bond acceptors (Lipinski definition) is 3. The fourth-order valence-electron chi connectivity index (χ4n) is 3.15. The van der Waals surface area contributed by atoms with E-state index in [0.717, 1.165) is 17.7 Å². The Kier molecular flexibility index (Phi) is 5.62. The van der Waals surface area contributed by atoms with Gasteiger partial charge in [-0.2, -0.15) is 0 Å². The molecule has 1 aliphatic rings. The summed E-state index contributed by atoms with van der Waals surface area (Å²) in [5, 5.41) is 3.61. The van der Waals surface area contributed by atoms with Gasteiger partial charge in [0.15, 0.2) is 0 Å². The Morgan fingerprint density at radius 3 is 2.95 bits per heavy atom. The number of anilines is 1. The van der Waals surface area contributed by atoms with Gasteiger partial charge in [-0.15, -0.1) is 0 Å². The molecule has 2 atom stereocenters. The SMILES string of the molecule is Cc1c(Cl)cccc1NC(=O)CN(C)C1CCCC1CN. The molecule has 5 heteroatoms. The number of likely N-dealkylation sites (N-methyl/N-ethyl adjacent to an activating group) is 1. The van der Waals surface area contributed by atoms with Crippen molar-refractivity contribution in [2.45, 2.75) is 32.2 Å². The second kappa shape index (κ2) is 7.25. The molecule has 1 aromatic rings. The van der Waals surface area contributed by atoms with Crippen molar-refractivity contribution in [3.8, 4) is 0 Å². The highest BCUT2D eigenvalue weighted by molar-refractivity contribution is 6.31. The molecular weight excluding hydrogens is 286 g/mol. The van der Waals surface area contributed by atoms with Crippen LogP contribution in [0, 0.1) is 12.8 Å². The van der Waals surface area contributed by atoms with Crippen LogP contribution < -0.4 is 11.1 Å². The van der Waals surface area contributed by atoms with E-state index >= 15 is 0 Å². The molecule has 1 saturated carbocycles. The summed E-state index contributed by atoms with van der Waals surface area (Å²) >= 11 is 6.07. The normalized spacial score (nSPS) is 21.8. The number of nitrogens with two attached hydrogens (primary N) is 1. The van der Waals surface area contributed by atoms with Crippen molar-refractivity contribution in [2.24, 2.45) is 11.7 Å². The zero-order valence-corrected chi connectivity index (χ0v) is 13.5. The molecule has 1 aromatic carbocycles. The summed E-state index contributed by atoms with van der Waals surface area (Å²) in [7, 11) is 2.00. The first kappa shape index (κ1) is 16.3. The summed E-state index contributed by atoms with van der Waals surface area (Å²) in [6.07, 6.45) is 3.49. The molecule has 0 saturated heterocycles. The number of halogens is 1. The van der Waals surface area contributed by atoms with Crippen LogP contribution in [0.15, 0.2) is 18.2 Å². The minimum atomic E-state index is -0.00876. The maximum atomic E-state index is 12.2.